The van der Waals surface area contributed by atoms with Crippen molar-refractivity contribution >= 4 is 41.0 Å². The third-order valence-electron chi connectivity index (χ3n) is 3.51. The minimum Gasteiger partial charge on any atom is -0.353 e. The van der Waals surface area contributed by atoms with Crippen molar-refractivity contribution in [2.24, 2.45) is 5.73 Å². The fraction of sp³-hybridized carbons (Fsp3) is 0.312. The number of aromatic nitrogens is 4. The van der Waals surface area contributed by atoms with Gasteiger partial charge in [-0.05, 0) is 38.1 Å². The molecule has 0 aliphatic carbocycles. The molecule has 0 unspecified atom stereocenters. The summed E-state index contributed by atoms with van der Waals surface area (Å²) in [7, 11) is 0. The maximum Gasteiger partial charge on any atom is 0.226 e. The van der Waals surface area contributed by atoms with Crippen LogP contribution in [0.4, 0.5) is 21.8 Å². The van der Waals surface area contributed by atoms with Crippen LogP contribution in [0.2, 0.25) is 0 Å². The minimum atomic E-state index is -0.289. The van der Waals surface area contributed by atoms with Crippen LogP contribution >= 0.6 is 12.4 Å². The van der Waals surface area contributed by atoms with Crippen molar-refractivity contribution in [2.45, 2.75) is 19.9 Å². The number of benzene rings is 1. The highest BCUT2D eigenvalue weighted by Crippen LogP contribution is 2.26. The van der Waals surface area contributed by atoms with Crippen LogP contribution in [-0.2, 0) is 0 Å². The van der Waals surface area contributed by atoms with E-state index in [1.54, 1.807) is 18.5 Å². The molecule has 4 N–H and O–H groups in total. The number of imidazole rings is 1. The normalized spacial score (nSPS) is 10.8. The SMILES string of the molecule is CC(C)n1cnc2c(Nc3ccc(F)cc3)nc(NCCN)nc21.Cl. The van der Waals surface area contributed by atoms with Gasteiger partial charge in [-0.3, -0.25) is 0 Å². The van der Waals surface area contributed by atoms with Gasteiger partial charge in [0.25, 0.3) is 0 Å². The van der Waals surface area contributed by atoms with E-state index in [9.17, 15) is 4.39 Å². The van der Waals surface area contributed by atoms with E-state index < -0.39 is 0 Å². The molecule has 0 bridgehead atoms. The van der Waals surface area contributed by atoms with Crippen molar-refractivity contribution in [3.8, 4) is 0 Å². The molecule has 2 aromatic heterocycles. The Kier molecular flexibility index (Phi) is 6.11. The van der Waals surface area contributed by atoms with Crippen LogP contribution in [0.25, 0.3) is 11.2 Å². The van der Waals surface area contributed by atoms with Crippen LogP contribution in [0.1, 0.15) is 19.9 Å². The van der Waals surface area contributed by atoms with E-state index in [4.69, 9.17) is 5.73 Å². The molecule has 0 spiro atoms. The van der Waals surface area contributed by atoms with Crippen molar-refractivity contribution in [1.82, 2.24) is 19.5 Å². The van der Waals surface area contributed by atoms with E-state index in [-0.39, 0.29) is 24.3 Å². The van der Waals surface area contributed by atoms with Gasteiger partial charge in [0, 0.05) is 24.8 Å². The van der Waals surface area contributed by atoms with Crippen LogP contribution in [-0.4, -0.2) is 32.6 Å². The minimum absolute atomic E-state index is 0. The molecular formula is C16H21ClFN7. The molecule has 0 saturated heterocycles. The fourth-order valence-electron chi connectivity index (χ4n) is 2.31. The number of nitrogens with zero attached hydrogens (tertiary/aromatic N) is 4. The molecule has 0 aliphatic rings. The number of hydrogen-bond donors (Lipinski definition) is 3. The van der Waals surface area contributed by atoms with Gasteiger partial charge in [0.1, 0.15) is 5.82 Å². The summed E-state index contributed by atoms with van der Waals surface area (Å²) in [5.41, 5.74) is 7.64. The van der Waals surface area contributed by atoms with Gasteiger partial charge in [-0.2, -0.15) is 9.97 Å². The lowest BCUT2D eigenvalue weighted by Crippen LogP contribution is -2.15. The van der Waals surface area contributed by atoms with Gasteiger partial charge in [0.15, 0.2) is 17.0 Å². The molecule has 0 aliphatic heterocycles. The summed E-state index contributed by atoms with van der Waals surface area (Å²) in [6.07, 6.45) is 1.74. The Morgan fingerprint density at radius 1 is 1.20 bits per heavy atom. The molecule has 9 heteroatoms. The third-order valence-corrected chi connectivity index (χ3v) is 3.51. The van der Waals surface area contributed by atoms with E-state index in [0.717, 1.165) is 11.3 Å². The third kappa shape index (κ3) is 4.15. The molecule has 1 aromatic carbocycles. The highest BCUT2D eigenvalue weighted by atomic mass is 35.5. The molecule has 25 heavy (non-hydrogen) atoms. The van der Waals surface area contributed by atoms with Gasteiger partial charge >= 0.3 is 0 Å². The van der Waals surface area contributed by atoms with Crippen LogP contribution in [0, 0.1) is 5.82 Å². The summed E-state index contributed by atoms with van der Waals surface area (Å²) >= 11 is 0. The number of nitrogens with one attached hydrogen (secondary N) is 2. The van der Waals surface area contributed by atoms with Crippen molar-refractivity contribution in [3.63, 3.8) is 0 Å². The van der Waals surface area contributed by atoms with Crippen LogP contribution in [0.15, 0.2) is 30.6 Å². The number of nitrogens with two attached hydrogens (primary N) is 1. The molecule has 134 valence electrons. The Morgan fingerprint density at radius 3 is 2.56 bits per heavy atom. The van der Waals surface area contributed by atoms with E-state index in [1.807, 2.05) is 4.57 Å². The van der Waals surface area contributed by atoms with Crippen molar-refractivity contribution in [1.29, 1.82) is 0 Å². The second-order valence-electron chi connectivity index (χ2n) is 5.66. The van der Waals surface area contributed by atoms with Crippen LogP contribution < -0.4 is 16.4 Å². The van der Waals surface area contributed by atoms with Crippen LogP contribution in [0.3, 0.4) is 0 Å². The smallest absolute Gasteiger partial charge is 0.226 e. The Bertz CT molecular complexity index is 832. The van der Waals surface area contributed by atoms with Crippen molar-refractivity contribution < 1.29 is 4.39 Å². The largest absolute Gasteiger partial charge is 0.353 e. The molecule has 0 atom stereocenters. The van der Waals surface area contributed by atoms with Gasteiger partial charge in [0.2, 0.25) is 5.95 Å². The summed E-state index contributed by atoms with van der Waals surface area (Å²) in [5, 5.41) is 6.27. The summed E-state index contributed by atoms with van der Waals surface area (Å²) < 4.78 is 15.1. The summed E-state index contributed by atoms with van der Waals surface area (Å²) in [4.78, 5) is 13.4. The zero-order valence-corrected chi connectivity index (χ0v) is 14.8. The van der Waals surface area contributed by atoms with E-state index >= 15 is 0 Å². The Balaban J connectivity index is 0.00000225. The highest BCUT2D eigenvalue weighted by Gasteiger charge is 2.15. The predicted molar refractivity (Wildman–Crippen MR) is 100 cm³/mol. The maximum absolute atomic E-state index is 13.1. The monoisotopic (exact) mass is 365 g/mol. The van der Waals surface area contributed by atoms with Crippen molar-refractivity contribution in [2.75, 3.05) is 23.7 Å². The standard InChI is InChI=1S/C16H20FN7.ClH/c1-10(2)24-9-20-13-14(21-12-5-3-11(17)4-6-12)22-16(19-8-7-18)23-15(13)24;/h3-6,9-10H,7-8,18H2,1-2H3,(H2,19,21,22,23);1H. The first-order valence-corrected chi connectivity index (χ1v) is 7.79. The van der Waals surface area contributed by atoms with Gasteiger partial charge in [0.05, 0.1) is 6.33 Å². The first kappa shape index (κ1) is 18.9. The Hall–Kier alpha value is -2.45. The van der Waals surface area contributed by atoms with E-state index in [0.29, 0.717) is 30.4 Å². The lowest BCUT2D eigenvalue weighted by atomic mass is 10.3. The molecule has 0 radical (unpaired) electrons. The highest BCUT2D eigenvalue weighted by molar-refractivity contribution is 5.86. The lowest BCUT2D eigenvalue weighted by molar-refractivity contribution is 0.613. The number of halogens is 2. The molecule has 7 nitrogen and oxygen atoms in total. The van der Waals surface area contributed by atoms with Gasteiger partial charge in [-0.25, -0.2) is 9.37 Å². The average Bonchev–Trinajstić information content (AvgIpc) is 2.99. The van der Waals surface area contributed by atoms with Gasteiger partial charge in [-0.15, -0.1) is 12.4 Å². The number of fused-ring (bicyclic) bond motifs is 1. The second-order valence-corrected chi connectivity index (χ2v) is 5.66. The number of hydrogen-bond acceptors (Lipinski definition) is 6. The number of anilines is 3. The maximum atomic E-state index is 13.1. The van der Waals surface area contributed by atoms with Crippen LogP contribution in [0.5, 0.6) is 0 Å². The molecule has 2 heterocycles. The van der Waals surface area contributed by atoms with Gasteiger partial charge in [-0.1, -0.05) is 0 Å². The predicted octanol–water partition coefficient (Wildman–Crippen LogP) is 3.08. The van der Waals surface area contributed by atoms with Crippen molar-refractivity contribution in [3.05, 3.63) is 36.4 Å². The zero-order chi connectivity index (χ0) is 17.1. The van der Waals surface area contributed by atoms with E-state index in [1.165, 1.54) is 12.1 Å². The average molecular weight is 366 g/mol. The number of rotatable bonds is 6. The molecule has 0 saturated carbocycles. The van der Waals surface area contributed by atoms with Gasteiger partial charge < -0.3 is 20.9 Å². The molecule has 3 rings (SSSR count). The first-order chi connectivity index (χ1) is 11.6. The molecule has 0 fully saturated rings. The van der Waals surface area contributed by atoms with E-state index in [2.05, 4.69) is 39.4 Å². The zero-order valence-electron chi connectivity index (χ0n) is 14.0. The summed E-state index contributed by atoms with van der Waals surface area (Å²) in [6, 6.07) is 6.29. The quantitative estimate of drug-likeness (QED) is 0.621. The fourth-order valence-corrected chi connectivity index (χ4v) is 2.31. The topological polar surface area (TPSA) is 93.7 Å². The second kappa shape index (κ2) is 8.09. The first-order valence-electron chi connectivity index (χ1n) is 7.79. The molecule has 0 amide bonds. The summed E-state index contributed by atoms with van der Waals surface area (Å²) in [5.74, 6) is 0.744. The molecule has 3 aromatic rings. The molecular weight excluding hydrogens is 345 g/mol. The lowest BCUT2D eigenvalue weighted by Gasteiger charge is -2.11. The Morgan fingerprint density at radius 2 is 1.92 bits per heavy atom. The summed E-state index contributed by atoms with van der Waals surface area (Å²) in [6.45, 7) is 5.16. The Labute approximate surface area is 151 Å².